The lowest BCUT2D eigenvalue weighted by molar-refractivity contribution is -0.133. The Morgan fingerprint density at radius 3 is 2.43 bits per heavy atom. The smallest absolute Gasteiger partial charge is 0.222 e. The molecule has 3 nitrogen and oxygen atoms in total. The van der Waals surface area contributed by atoms with Crippen LogP contribution in [0.3, 0.4) is 0 Å². The molecule has 0 aliphatic heterocycles. The van der Waals surface area contributed by atoms with Gasteiger partial charge in [0, 0.05) is 19.0 Å². The van der Waals surface area contributed by atoms with E-state index in [2.05, 4.69) is 29.2 Å². The van der Waals surface area contributed by atoms with Crippen LogP contribution in [0.5, 0.6) is 0 Å². The number of benzene rings is 1. The Morgan fingerprint density at radius 1 is 1.04 bits per heavy atom. The number of hydrogen-bond acceptors (Lipinski definition) is 2. The Kier molecular flexibility index (Phi) is 8.16. The molecule has 23 heavy (non-hydrogen) atoms. The molecule has 1 aliphatic rings. The predicted octanol–water partition coefficient (Wildman–Crippen LogP) is 3.91. The Morgan fingerprint density at radius 2 is 1.74 bits per heavy atom. The average molecular weight is 316 g/mol. The van der Waals surface area contributed by atoms with E-state index in [9.17, 15) is 4.79 Å². The standard InChI is InChI=1S/C20H32N2O/c21-16-9-2-1-6-14-20(23)22(19-12-7-8-13-19)17-15-18-10-4-3-5-11-18/h3-5,10-11,19H,1-2,6-9,12-17,21H2. The van der Waals surface area contributed by atoms with Gasteiger partial charge in [-0.25, -0.2) is 0 Å². The highest BCUT2D eigenvalue weighted by molar-refractivity contribution is 5.76. The summed E-state index contributed by atoms with van der Waals surface area (Å²) in [4.78, 5) is 14.9. The number of hydrogen-bond donors (Lipinski definition) is 1. The van der Waals surface area contributed by atoms with Crippen LogP contribution in [0.15, 0.2) is 30.3 Å². The normalized spacial score (nSPS) is 15.0. The molecule has 1 amide bonds. The van der Waals surface area contributed by atoms with E-state index < -0.39 is 0 Å². The quantitative estimate of drug-likeness (QED) is 0.665. The first-order valence-electron chi connectivity index (χ1n) is 9.34. The van der Waals surface area contributed by atoms with E-state index in [4.69, 9.17) is 5.73 Å². The number of amides is 1. The fourth-order valence-corrected chi connectivity index (χ4v) is 3.54. The van der Waals surface area contributed by atoms with Gasteiger partial charge in [0.15, 0.2) is 0 Å². The zero-order chi connectivity index (χ0) is 16.3. The van der Waals surface area contributed by atoms with Gasteiger partial charge in [-0.15, -0.1) is 0 Å². The van der Waals surface area contributed by atoms with Gasteiger partial charge in [0.2, 0.25) is 5.91 Å². The lowest BCUT2D eigenvalue weighted by Gasteiger charge is -2.29. The van der Waals surface area contributed by atoms with Crippen molar-refractivity contribution < 1.29 is 4.79 Å². The van der Waals surface area contributed by atoms with Gasteiger partial charge in [-0.1, -0.05) is 56.0 Å². The minimum Gasteiger partial charge on any atom is -0.339 e. The second kappa shape index (κ2) is 10.4. The molecule has 0 atom stereocenters. The van der Waals surface area contributed by atoms with E-state index in [0.717, 1.165) is 45.2 Å². The zero-order valence-corrected chi connectivity index (χ0v) is 14.4. The highest BCUT2D eigenvalue weighted by atomic mass is 16.2. The SMILES string of the molecule is NCCCCCCC(=O)N(CCc1ccccc1)C1CCCC1. The number of unbranched alkanes of at least 4 members (excludes halogenated alkanes) is 3. The fraction of sp³-hybridized carbons (Fsp3) is 0.650. The minimum absolute atomic E-state index is 0.362. The summed E-state index contributed by atoms with van der Waals surface area (Å²) in [5.41, 5.74) is 6.85. The van der Waals surface area contributed by atoms with Crippen molar-refractivity contribution >= 4 is 5.91 Å². The molecule has 3 heteroatoms. The molecule has 1 saturated carbocycles. The summed E-state index contributed by atoms with van der Waals surface area (Å²) >= 11 is 0. The molecule has 2 rings (SSSR count). The molecule has 0 unspecified atom stereocenters. The van der Waals surface area contributed by atoms with Gasteiger partial charge >= 0.3 is 0 Å². The molecule has 1 aromatic rings. The molecule has 1 aromatic carbocycles. The van der Waals surface area contributed by atoms with Gasteiger partial charge in [0.05, 0.1) is 0 Å². The van der Waals surface area contributed by atoms with Crippen LogP contribution in [0.4, 0.5) is 0 Å². The van der Waals surface area contributed by atoms with Crippen molar-refractivity contribution in [2.45, 2.75) is 70.3 Å². The third kappa shape index (κ3) is 6.34. The van der Waals surface area contributed by atoms with Gasteiger partial charge < -0.3 is 10.6 Å². The maximum absolute atomic E-state index is 12.7. The Bertz CT molecular complexity index is 440. The number of carbonyl (C=O) groups is 1. The largest absolute Gasteiger partial charge is 0.339 e. The summed E-state index contributed by atoms with van der Waals surface area (Å²) in [7, 11) is 0. The number of carbonyl (C=O) groups excluding carboxylic acids is 1. The van der Waals surface area contributed by atoms with Crippen molar-refractivity contribution in [2.24, 2.45) is 5.73 Å². The highest BCUT2D eigenvalue weighted by Crippen LogP contribution is 2.25. The Balaban J connectivity index is 1.82. The first-order chi connectivity index (χ1) is 11.3. The summed E-state index contributed by atoms with van der Waals surface area (Å²) in [5.74, 6) is 0.362. The van der Waals surface area contributed by atoms with Crippen LogP contribution in [-0.2, 0) is 11.2 Å². The van der Waals surface area contributed by atoms with E-state index in [1.807, 2.05) is 6.07 Å². The number of nitrogens with zero attached hydrogens (tertiary/aromatic N) is 1. The molecule has 128 valence electrons. The first-order valence-corrected chi connectivity index (χ1v) is 9.34. The highest BCUT2D eigenvalue weighted by Gasteiger charge is 2.25. The van der Waals surface area contributed by atoms with Crippen molar-refractivity contribution in [1.29, 1.82) is 0 Å². The fourth-order valence-electron chi connectivity index (χ4n) is 3.54. The molecule has 0 aromatic heterocycles. The summed E-state index contributed by atoms with van der Waals surface area (Å²) in [5, 5.41) is 0. The third-order valence-corrected chi connectivity index (χ3v) is 4.91. The topological polar surface area (TPSA) is 46.3 Å². The van der Waals surface area contributed by atoms with Gasteiger partial charge in [-0.05, 0) is 44.2 Å². The molecular weight excluding hydrogens is 284 g/mol. The first kappa shape index (κ1) is 18.0. The van der Waals surface area contributed by atoms with E-state index in [0.29, 0.717) is 18.4 Å². The minimum atomic E-state index is 0.362. The maximum atomic E-state index is 12.7. The lowest BCUT2D eigenvalue weighted by atomic mass is 10.1. The van der Waals surface area contributed by atoms with Gasteiger partial charge in [0.25, 0.3) is 0 Å². The van der Waals surface area contributed by atoms with Crippen molar-refractivity contribution in [3.63, 3.8) is 0 Å². The van der Waals surface area contributed by atoms with Crippen LogP contribution in [-0.4, -0.2) is 29.9 Å². The Hall–Kier alpha value is -1.35. The number of rotatable bonds is 10. The van der Waals surface area contributed by atoms with Gasteiger partial charge in [-0.2, -0.15) is 0 Å². The molecule has 0 radical (unpaired) electrons. The second-order valence-corrected chi connectivity index (χ2v) is 6.71. The van der Waals surface area contributed by atoms with Crippen LogP contribution in [0.25, 0.3) is 0 Å². The van der Waals surface area contributed by atoms with Gasteiger partial charge in [0.1, 0.15) is 0 Å². The average Bonchev–Trinajstić information content (AvgIpc) is 3.10. The molecule has 1 aliphatic carbocycles. The summed E-state index contributed by atoms with van der Waals surface area (Å²) < 4.78 is 0. The third-order valence-electron chi connectivity index (χ3n) is 4.91. The van der Waals surface area contributed by atoms with E-state index in [1.165, 1.54) is 31.2 Å². The lowest BCUT2D eigenvalue weighted by Crippen LogP contribution is -2.40. The van der Waals surface area contributed by atoms with Crippen molar-refractivity contribution in [3.8, 4) is 0 Å². The van der Waals surface area contributed by atoms with E-state index in [-0.39, 0.29) is 0 Å². The second-order valence-electron chi connectivity index (χ2n) is 6.71. The molecule has 1 fully saturated rings. The van der Waals surface area contributed by atoms with Crippen LogP contribution < -0.4 is 5.73 Å². The summed E-state index contributed by atoms with van der Waals surface area (Å²) in [6, 6.07) is 11.0. The molecular formula is C20H32N2O. The van der Waals surface area contributed by atoms with Gasteiger partial charge in [-0.3, -0.25) is 4.79 Å². The van der Waals surface area contributed by atoms with Crippen molar-refractivity contribution in [2.75, 3.05) is 13.1 Å². The molecule has 0 heterocycles. The monoisotopic (exact) mass is 316 g/mol. The number of nitrogens with two attached hydrogens (primary N) is 1. The van der Waals surface area contributed by atoms with E-state index in [1.54, 1.807) is 0 Å². The van der Waals surface area contributed by atoms with Crippen molar-refractivity contribution in [1.82, 2.24) is 4.90 Å². The molecule has 2 N–H and O–H groups in total. The molecule has 0 bridgehead atoms. The van der Waals surface area contributed by atoms with Crippen LogP contribution >= 0.6 is 0 Å². The Labute approximate surface area is 141 Å². The molecule has 0 spiro atoms. The van der Waals surface area contributed by atoms with Crippen LogP contribution in [0, 0.1) is 0 Å². The maximum Gasteiger partial charge on any atom is 0.222 e. The van der Waals surface area contributed by atoms with Crippen LogP contribution in [0.1, 0.15) is 63.4 Å². The van der Waals surface area contributed by atoms with E-state index >= 15 is 0 Å². The predicted molar refractivity (Wildman–Crippen MR) is 96.3 cm³/mol. The zero-order valence-electron chi connectivity index (χ0n) is 14.4. The van der Waals surface area contributed by atoms with Crippen LogP contribution in [0.2, 0.25) is 0 Å². The van der Waals surface area contributed by atoms with Crippen molar-refractivity contribution in [3.05, 3.63) is 35.9 Å². The summed E-state index contributed by atoms with van der Waals surface area (Å²) in [6.45, 7) is 1.63. The molecule has 0 saturated heterocycles. The summed E-state index contributed by atoms with van der Waals surface area (Å²) in [6.07, 6.45) is 11.0.